The number of rotatable bonds is 4. The van der Waals surface area contributed by atoms with Crippen LogP contribution in [0.5, 0.6) is 0 Å². The second kappa shape index (κ2) is 5.59. The summed E-state index contributed by atoms with van der Waals surface area (Å²) in [6.45, 7) is 4.71. The highest BCUT2D eigenvalue weighted by molar-refractivity contribution is 5.78. The van der Waals surface area contributed by atoms with Gasteiger partial charge in [0.25, 0.3) is 0 Å². The summed E-state index contributed by atoms with van der Waals surface area (Å²) in [5.41, 5.74) is 7.23. The van der Waals surface area contributed by atoms with E-state index in [1.54, 1.807) is 12.1 Å². The first-order valence-electron chi connectivity index (χ1n) is 6.37. The normalized spacial score (nSPS) is 21.3. The summed E-state index contributed by atoms with van der Waals surface area (Å²) in [5, 5.41) is 2.85. The lowest BCUT2D eigenvalue weighted by Crippen LogP contribution is -2.35. The number of carbonyl (C=O) groups is 1. The Morgan fingerprint density at radius 1 is 1.42 bits per heavy atom. The van der Waals surface area contributed by atoms with Gasteiger partial charge in [0.1, 0.15) is 6.10 Å². The molecule has 0 bridgehead atoms. The van der Waals surface area contributed by atoms with Gasteiger partial charge in [0.2, 0.25) is 5.91 Å². The van der Waals surface area contributed by atoms with E-state index in [4.69, 9.17) is 15.2 Å². The Labute approximate surface area is 113 Å². The molecule has 1 aliphatic rings. The average Bonchev–Trinajstić information content (AvgIpc) is 2.69. The topological polar surface area (TPSA) is 73.6 Å². The Hall–Kier alpha value is -1.59. The summed E-state index contributed by atoms with van der Waals surface area (Å²) in [7, 11) is 0. The molecule has 3 N–H and O–H groups in total. The number of amides is 1. The quantitative estimate of drug-likeness (QED) is 0.798. The van der Waals surface area contributed by atoms with Crippen LogP contribution in [-0.4, -0.2) is 30.9 Å². The number of nitrogens with two attached hydrogens (primary N) is 1. The van der Waals surface area contributed by atoms with Crippen LogP contribution in [0, 0.1) is 0 Å². The van der Waals surface area contributed by atoms with Gasteiger partial charge in [-0.25, -0.2) is 0 Å². The minimum absolute atomic E-state index is 0.0296. The van der Waals surface area contributed by atoms with Crippen LogP contribution in [0.2, 0.25) is 0 Å². The maximum atomic E-state index is 11.8. The van der Waals surface area contributed by atoms with Crippen molar-refractivity contribution < 1.29 is 14.3 Å². The van der Waals surface area contributed by atoms with Gasteiger partial charge in [-0.05, 0) is 31.5 Å². The van der Waals surface area contributed by atoms with Gasteiger partial charge in [0.15, 0.2) is 5.79 Å². The number of hydrogen-bond donors (Lipinski definition) is 2. The molecule has 1 fully saturated rings. The van der Waals surface area contributed by atoms with E-state index in [0.29, 0.717) is 25.3 Å². The van der Waals surface area contributed by atoms with Crippen LogP contribution in [-0.2, 0) is 20.7 Å². The highest BCUT2D eigenvalue weighted by atomic mass is 16.7. The van der Waals surface area contributed by atoms with E-state index in [1.165, 1.54) is 0 Å². The fourth-order valence-electron chi connectivity index (χ4n) is 1.97. The molecule has 1 unspecified atom stereocenters. The highest BCUT2D eigenvalue weighted by Crippen LogP contribution is 2.21. The van der Waals surface area contributed by atoms with Crippen molar-refractivity contribution in [2.45, 2.75) is 32.2 Å². The molecule has 1 aromatic rings. The monoisotopic (exact) mass is 264 g/mol. The largest absolute Gasteiger partial charge is 0.399 e. The highest BCUT2D eigenvalue weighted by Gasteiger charge is 2.32. The van der Waals surface area contributed by atoms with Crippen molar-refractivity contribution in [2.24, 2.45) is 0 Å². The fourth-order valence-corrected chi connectivity index (χ4v) is 1.97. The van der Waals surface area contributed by atoms with Gasteiger partial charge in [0.05, 0.1) is 13.0 Å². The summed E-state index contributed by atoms with van der Waals surface area (Å²) in [4.78, 5) is 11.8. The third-order valence-electron chi connectivity index (χ3n) is 2.94. The lowest BCUT2D eigenvalue weighted by Gasteiger charge is -2.17. The Morgan fingerprint density at radius 2 is 2.11 bits per heavy atom. The third kappa shape index (κ3) is 4.22. The zero-order valence-corrected chi connectivity index (χ0v) is 11.3. The molecule has 0 radical (unpaired) electrons. The number of ether oxygens (including phenoxy) is 2. The first-order valence-corrected chi connectivity index (χ1v) is 6.37. The van der Waals surface area contributed by atoms with Crippen LogP contribution in [0.4, 0.5) is 5.69 Å². The van der Waals surface area contributed by atoms with Crippen molar-refractivity contribution in [3.05, 3.63) is 29.8 Å². The molecular formula is C14H20N2O3. The van der Waals surface area contributed by atoms with Crippen molar-refractivity contribution >= 4 is 11.6 Å². The van der Waals surface area contributed by atoms with Crippen molar-refractivity contribution in [3.63, 3.8) is 0 Å². The smallest absolute Gasteiger partial charge is 0.224 e. The number of benzene rings is 1. The molecule has 1 atom stereocenters. The standard InChI is InChI=1S/C14H20N2O3/c1-14(2)18-9-12(19-14)8-16-13(17)7-10-3-5-11(15)6-4-10/h3-6,12H,7-9,15H2,1-2H3,(H,16,17). The fraction of sp³-hybridized carbons (Fsp3) is 0.500. The Morgan fingerprint density at radius 3 is 2.68 bits per heavy atom. The van der Waals surface area contributed by atoms with Crippen LogP contribution >= 0.6 is 0 Å². The molecule has 1 aliphatic heterocycles. The number of nitrogen functional groups attached to an aromatic ring is 1. The van der Waals surface area contributed by atoms with Gasteiger partial charge in [-0.2, -0.15) is 0 Å². The minimum Gasteiger partial charge on any atom is -0.399 e. The summed E-state index contributed by atoms with van der Waals surface area (Å²) >= 11 is 0. The lowest BCUT2D eigenvalue weighted by atomic mass is 10.1. The second-order valence-electron chi connectivity index (χ2n) is 5.17. The van der Waals surface area contributed by atoms with Crippen LogP contribution in [0.15, 0.2) is 24.3 Å². The molecule has 104 valence electrons. The number of carbonyl (C=O) groups excluding carboxylic acids is 1. The number of anilines is 1. The lowest BCUT2D eigenvalue weighted by molar-refractivity contribution is -0.139. The molecule has 0 saturated carbocycles. The zero-order valence-electron chi connectivity index (χ0n) is 11.3. The van der Waals surface area contributed by atoms with Gasteiger partial charge < -0.3 is 20.5 Å². The molecule has 0 spiro atoms. The third-order valence-corrected chi connectivity index (χ3v) is 2.94. The summed E-state index contributed by atoms with van der Waals surface area (Å²) < 4.78 is 11.0. The Kier molecular flexibility index (Phi) is 4.07. The molecule has 0 aromatic heterocycles. The van der Waals surface area contributed by atoms with Crippen molar-refractivity contribution in [3.8, 4) is 0 Å². The minimum atomic E-state index is -0.549. The predicted molar refractivity (Wildman–Crippen MR) is 72.5 cm³/mol. The van der Waals surface area contributed by atoms with E-state index in [1.807, 2.05) is 26.0 Å². The van der Waals surface area contributed by atoms with Crippen LogP contribution in [0.3, 0.4) is 0 Å². The molecule has 1 saturated heterocycles. The first kappa shape index (κ1) is 13.8. The molecule has 1 heterocycles. The molecule has 1 amide bonds. The van der Waals surface area contributed by atoms with Crippen LogP contribution in [0.25, 0.3) is 0 Å². The molecule has 19 heavy (non-hydrogen) atoms. The maximum absolute atomic E-state index is 11.8. The Bertz CT molecular complexity index is 443. The number of nitrogens with one attached hydrogen (secondary N) is 1. The Balaban J connectivity index is 1.75. The molecule has 1 aromatic carbocycles. The second-order valence-corrected chi connectivity index (χ2v) is 5.17. The first-order chi connectivity index (χ1) is 8.94. The van der Waals surface area contributed by atoms with Crippen LogP contribution in [0.1, 0.15) is 19.4 Å². The molecule has 2 rings (SSSR count). The van der Waals surface area contributed by atoms with E-state index >= 15 is 0 Å². The summed E-state index contributed by atoms with van der Waals surface area (Å²) in [6.07, 6.45) is 0.266. The molecule has 5 nitrogen and oxygen atoms in total. The van der Waals surface area contributed by atoms with Gasteiger partial charge in [0, 0.05) is 12.2 Å². The van der Waals surface area contributed by atoms with E-state index in [9.17, 15) is 4.79 Å². The zero-order chi connectivity index (χ0) is 13.9. The van der Waals surface area contributed by atoms with E-state index in [2.05, 4.69) is 5.32 Å². The van der Waals surface area contributed by atoms with Gasteiger partial charge in [-0.15, -0.1) is 0 Å². The summed E-state index contributed by atoms with van der Waals surface area (Å²) in [5.74, 6) is -0.579. The molecule has 0 aliphatic carbocycles. The molecule has 5 heteroatoms. The van der Waals surface area contributed by atoms with Gasteiger partial charge >= 0.3 is 0 Å². The van der Waals surface area contributed by atoms with E-state index < -0.39 is 5.79 Å². The number of hydrogen-bond acceptors (Lipinski definition) is 4. The van der Waals surface area contributed by atoms with Gasteiger partial charge in [-0.3, -0.25) is 4.79 Å². The average molecular weight is 264 g/mol. The van der Waals surface area contributed by atoms with Crippen LogP contribution < -0.4 is 11.1 Å². The van der Waals surface area contributed by atoms with E-state index in [-0.39, 0.29) is 12.0 Å². The van der Waals surface area contributed by atoms with Crippen molar-refractivity contribution in [2.75, 3.05) is 18.9 Å². The summed E-state index contributed by atoms with van der Waals surface area (Å²) in [6, 6.07) is 7.29. The SMILES string of the molecule is CC1(C)OCC(CNC(=O)Cc2ccc(N)cc2)O1. The van der Waals surface area contributed by atoms with Gasteiger partial charge in [-0.1, -0.05) is 12.1 Å². The predicted octanol–water partition coefficient (Wildman–Crippen LogP) is 1.08. The van der Waals surface area contributed by atoms with E-state index in [0.717, 1.165) is 5.56 Å². The molecular weight excluding hydrogens is 244 g/mol. The van der Waals surface area contributed by atoms with Crippen molar-refractivity contribution in [1.82, 2.24) is 5.32 Å². The maximum Gasteiger partial charge on any atom is 0.224 e. The van der Waals surface area contributed by atoms with Crippen molar-refractivity contribution in [1.29, 1.82) is 0 Å².